The summed E-state index contributed by atoms with van der Waals surface area (Å²) >= 11 is 0. The first-order chi connectivity index (χ1) is 12.6. The second-order valence-corrected chi connectivity index (χ2v) is 6.53. The molecule has 26 heavy (non-hydrogen) atoms. The summed E-state index contributed by atoms with van der Waals surface area (Å²) in [5.74, 6) is 1.61. The summed E-state index contributed by atoms with van der Waals surface area (Å²) in [4.78, 5) is 4.22. The molecule has 0 bridgehead atoms. The summed E-state index contributed by atoms with van der Waals surface area (Å²) < 4.78 is 11.4. The van der Waals surface area contributed by atoms with Gasteiger partial charge in [0.05, 0.1) is 12.1 Å². The molecule has 0 amide bonds. The summed E-state index contributed by atoms with van der Waals surface area (Å²) in [5, 5.41) is 6.51. The third-order valence-corrected chi connectivity index (χ3v) is 4.08. The molecule has 0 atom stereocenters. The number of nitrogens with zero attached hydrogens (tertiary/aromatic N) is 1. The normalized spacial score (nSPS) is 11.9. The van der Waals surface area contributed by atoms with Crippen molar-refractivity contribution in [2.24, 2.45) is 4.99 Å². The van der Waals surface area contributed by atoms with Gasteiger partial charge in [-0.15, -0.1) is 0 Å². The highest BCUT2D eigenvalue weighted by atomic mass is 16.5. The van der Waals surface area contributed by atoms with E-state index in [2.05, 4.69) is 33.8 Å². The molecule has 5 nitrogen and oxygen atoms in total. The van der Waals surface area contributed by atoms with Gasteiger partial charge in [0.1, 0.15) is 12.4 Å². The SMILES string of the molecule is CN=C(NCCOc1ccccc1-c1ccccc1)NCC(C)(C)OC. The van der Waals surface area contributed by atoms with Crippen LogP contribution in [0, 0.1) is 0 Å². The van der Waals surface area contributed by atoms with Crippen LogP contribution in [-0.2, 0) is 4.74 Å². The van der Waals surface area contributed by atoms with E-state index >= 15 is 0 Å². The molecular weight excluding hydrogens is 326 g/mol. The number of hydrogen-bond donors (Lipinski definition) is 2. The lowest BCUT2D eigenvalue weighted by Gasteiger charge is -2.24. The average molecular weight is 355 g/mol. The van der Waals surface area contributed by atoms with Crippen LogP contribution in [0.5, 0.6) is 5.75 Å². The number of para-hydroxylation sites is 1. The van der Waals surface area contributed by atoms with E-state index in [1.807, 2.05) is 50.2 Å². The predicted molar refractivity (Wildman–Crippen MR) is 108 cm³/mol. The lowest BCUT2D eigenvalue weighted by Crippen LogP contribution is -2.46. The summed E-state index contributed by atoms with van der Waals surface area (Å²) in [6.45, 7) is 5.91. The third-order valence-electron chi connectivity index (χ3n) is 4.08. The van der Waals surface area contributed by atoms with E-state index in [4.69, 9.17) is 9.47 Å². The largest absolute Gasteiger partial charge is 0.491 e. The van der Waals surface area contributed by atoms with Gasteiger partial charge < -0.3 is 20.1 Å². The molecule has 140 valence electrons. The molecule has 2 aromatic carbocycles. The van der Waals surface area contributed by atoms with Crippen LogP contribution in [0.1, 0.15) is 13.8 Å². The molecule has 0 unspecified atom stereocenters. The highest BCUT2D eigenvalue weighted by Gasteiger charge is 2.16. The monoisotopic (exact) mass is 355 g/mol. The van der Waals surface area contributed by atoms with E-state index in [0.717, 1.165) is 22.8 Å². The molecule has 0 saturated heterocycles. The topological polar surface area (TPSA) is 54.9 Å². The first-order valence-corrected chi connectivity index (χ1v) is 8.82. The first kappa shape index (κ1) is 19.8. The number of benzene rings is 2. The Balaban J connectivity index is 1.85. The van der Waals surface area contributed by atoms with E-state index in [-0.39, 0.29) is 5.60 Å². The fourth-order valence-electron chi connectivity index (χ4n) is 2.37. The third kappa shape index (κ3) is 6.08. The van der Waals surface area contributed by atoms with Crippen LogP contribution in [-0.4, -0.2) is 45.4 Å². The highest BCUT2D eigenvalue weighted by Crippen LogP contribution is 2.29. The number of nitrogens with one attached hydrogen (secondary N) is 2. The number of methoxy groups -OCH3 is 1. The molecule has 2 rings (SSSR count). The highest BCUT2D eigenvalue weighted by molar-refractivity contribution is 5.79. The van der Waals surface area contributed by atoms with Gasteiger partial charge in [-0.1, -0.05) is 48.5 Å². The van der Waals surface area contributed by atoms with Crippen LogP contribution in [0.15, 0.2) is 59.6 Å². The Morgan fingerprint density at radius 1 is 1.00 bits per heavy atom. The van der Waals surface area contributed by atoms with E-state index in [1.165, 1.54) is 0 Å². The molecule has 0 aliphatic carbocycles. The molecule has 0 aliphatic rings. The van der Waals surface area contributed by atoms with Gasteiger partial charge in [-0.3, -0.25) is 4.99 Å². The lowest BCUT2D eigenvalue weighted by atomic mass is 10.1. The number of hydrogen-bond acceptors (Lipinski definition) is 3. The Hall–Kier alpha value is -2.53. The van der Waals surface area contributed by atoms with Crippen molar-refractivity contribution in [1.29, 1.82) is 0 Å². The number of aliphatic imine (C=N–C) groups is 1. The van der Waals surface area contributed by atoms with Crippen LogP contribution >= 0.6 is 0 Å². The van der Waals surface area contributed by atoms with Crippen LogP contribution in [0.2, 0.25) is 0 Å². The zero-order valence-electron chi connectivity index (χ0n) is 16.1. The Labute approximate surface area is 156 Å². The molecule has 0 radical (unpaired) electrons. The summed E-state index contributed by atoms with van der Waals surface area (Å²) in [6.07, 6.45) is 0. The summed E-state index contributed by atoms with van der Waals surface area (Å²) in [7, 11) is 3.45. The van der Waals surface area contributed by atoms with Crippen molar-refractivity contribution >= 4 is 5.96 Å². The smallest absolute Gasteiger partial charge is 0.191 e. The molecule has 0 saturated carbocycles. The van der Waals surface area contributed by atoms with Gasteiger partial charge in [0.15, 0.2) is 5.96 Å². The molecular formula is C21H29N3O2. The van der Waals surface area contributed by atoms with Gasteiger partial charge >= 0.3 is 0 Å². The lowest BCUT2D eigenvalue weighted by molar-refractivity contribution is 0.0268. The molecule has 0 aliphatic heterocycles. The zero-order valence-corrected chi connectivity index (χ0v) is 16.1. The molecule has 0 heterocycles. The van der Waals surface area contributed by atoms with Crippen molar-refractivity contribution in [3.63, 3.8) is 0 Å². The quantitative estimate of drug-likeness (QED) is 0.433. The number of ether oxygens (including phenoxy) is 2. The van der Waals surface area contributed by atoms with Crippen molar-refractivity contribution in [3.8, 4) is 16.9 Å². The predicted octanol–water partition coefficient (Wildman–Crippen LogP) is 3.32. The van der Waals surface area contributed by atoms with Crippen molar-refractivity contribution in [2.75, 3.05) is 33.9 Å². The van der Waals surface area contributed by atoms with Gasteiger partial charge in [-0.25, -0.2) is 0 Å². The fraction of sp³-hybridized carbons (Fsp3) is 0.381. The van der Waals surface area contributed by atoms with Gasteiger partial charge in [0.2, 0.25) is 0 Å². The van der Waals surface area contributed by atoms with Crippen molar-refractivity contribution in [2.45, 2.75) is 19.4 Å². The van der Waals surface area contributed by atoms with Crippen molar-refractivity contribution in [3.05, 3.63) is 54.6 Å². The second-order valence-electron chi connectivity index (χ2n) is 6.53. The standard InChI is InChI=1S/C21H29N3O2/c1-21(2,25-4)16-24-20(22-3)23-14-15-26-19-13-9-8-12-18(19)17-10-6-5-7-11-17/h5-13H,14-16H2,1-4H3,(H2,22,23,24). The van der Waals surface area contributed by atoms with E-state index in [9.17, 15) is 0 Å². The maximum Gasteiger partial charge on any atom is 0.191 e. The summed E-state index contributed by atoms with van der Waals surface area (Å²) in [6, 6.07) is 18.3. The van der Waals surface area contributed by atoms with Crippen LogP contribution in [0.25, 0.3) is 11.1 Å². The number of guanidine groups is 1. The molecule has 2 N–H and O–H groups in total. The van der Waals surface area contributed by atoms with Gasteiger partial charge in [-0.2, -0.15) is 0 Å². The Morgan fingerprint density at radius 2 is 1.69 bits per heavy atom. The second kappa shape index (κ2) is 9.82. The van der Waals surface area contributed by atoms with Gasteiger partial charge in [0.25, 0.3) is 0 Å². The maximum absolute atomic E-state index is 5.98. The molecule has 0 aromatic heterocycles. The zero-order chi connectivity index (χ0) is 18.8. The van der Waals surface area contributed by atoms with Gasteiger partial charge in [-0.05, 0) is 25.5 Å². The first-order valence-electron chi connectivity index (χ1n) is 8.82. The van der Waals surface area contributed by atoms with Crippen LogP contribution in [0.3, 0.4) is 0 Å². The van der Waals surface area contributed by atoms with Gasteiger partial charge in [0, 0.05) is 26.3 Å². The minimum Gasteiger partial charge on any atom is -0.491 e. The maximum atomic E-state index is 5.98. The average Bonchev–Trinajstić information content (AvgIpc) is 2.68. The Kier molecular flexibility index (Phi) is 7.48. The Bertz CT molecular complexity index is 699. The minimum absolute atomic E-state index is 0.247. The minimum atomic E-state index is -0.247. The Morgan fingerprint density at radius 3 is 2.38 bits per heavy atom. The van der Waals surface area contributed by atoms with Crippen molar-refractivity contribution < 1.29 is 9.47 Å². The summed E-state index contributed by atoms with van der Waals surface area (Å²) in [5.41, 5.74) is 2.00. The van der Waals surface area contributed by atoms with Crippen molar-refractivity contribution in [1.82, 2.24) is 10.6 Å². The molecule has 2 aromatic rings. The molecule has 0 fully saturated rings. The fourth-order valence-corrected chi connectivity index (χ4v) is 2.37. The van der Waals surface area contributed by atoms with Crippen LogP contribution in [0.4, 0.5) is 0 Å². The van der Waals surface area contributed by atoms with E-state index in [1.54, 1.807) is 14.2 Å². The molecule has 5 heteroatoms. The molecule has 0 spiro atoms. The van der Waals surface area contributed by atoms with E-state index in [0.29, 0.717) is 19.7 Å². The van der Waals surface area contributed by atoms with E-state index < -0.39 is 0 Å². The number of rotatable bonds is 8. The van der Waals surface area contributed by atoms with Crippen LogP contribution < -0.4 is 15.4 Å².